The van der Waals surface area contributed by atoms with Crippen LogP contribution in [0, 0.1) is 5.41 Å². The Morgan fingerprint density at radius 1 is 1.31 bits per heavy atom. The molecule has 0 bridgehead atoms. The molecule has 1 spiro atoms. The summed E-state index contributed by atoms with van der Waals surface area (Å²) >= 11 is 0. The van der Waals surface area contributed by atoms with Gasteiger partial charge in [0.15, 0.2) is 0 Å². The summed E-state index contributed by atoms with van der Waals surface area (Å²) in [5, 5.41) is 3.39. The van der Waals surface area contributed by atoms with E-state index in [9.17, 15) is 0 Å². The van der Waals surface area contributed by atoms with Crippen LogP contribution in [0.5, 0.6) is 0 Å². The Morgan fingerprint density at radius 2 is 1.92 bits per heavy atom. The average Bonchev–Trinajstić information content (AvgIpc) is 2.11. The van der Waals surface area contributed by atoms with Crippen molar-refractivity contribution in [3.8, 4) is 0 Å². The summed E-state index contributed by atoms with van der Waals surface area (Å²) in [7, 11) is 2.24. The highest BCUT2D eigenvalue weighted by Crippen LogP contribution is 2.37. The van der Waals surface area contributed by atoms with Crippen molar-refractivity contribution in [2.24, 2.45) is 5.41 Å². The Bertz CT molecular complexity index is 152. The van der Waals surface area contributed by atoms with E-state index < -0.39 is 0 Å². The predicted octanol–water partition coefficient (Wildman–Crippen LogP) is 1.72. The smallest absolute Gasteiger partial charge is 0.00701 e. The molecule has 2 heteroatoms. The third-order valence-corrected chi connectivity index (χ3v) is 3.48. The molecule has 1 atom stereocenters. The molecule has 13 heavy (non-hydrogen) atoms. The van der Waals surface area contributed by atoms with E-state index in [2.05, 4.69) is 24.2 Å². The van der Waals surface area contributed by atoms with Gasteiger partial charge in [0.05, 0.1) is 0 Å². The molecular weight excluding hydrogens is 160 g/mol. The van der Waals surface area contributed by atoms with E-state index in [-0.39, 0.29) is 0 Å². The van der Waals surface area contributed by atoms with Crippen molar-refractivity contribution in [3.63, 3.8) is 0 Å². The normalized spacial score (nSPS) is 31.8. The molecule has 0 aromatic rings. The van der Waals surface area contributed by atoms with E-state index in [0.29, 0.717) is 5.41 Å². The maximum atomic E-state index is 3.39. The van der Waals surface area contributed by atoms with Gasteiger partial charge in [-0.15, -0.1) is 0 Å². The number of hydrogen-bond acceptors (Lipinski definition) is 2. The van der Waals surface area contributed by atoms with Gasteiger partial charge in [0, 0.05) is 19.1 Å². The second-order valence-electron chi connectivity index (χ2n) is 4.39. The van der Waals surface area contributed by atoms with Crippen LogP contribution < -0.4 is 5.32 Å². The number of hydrogen-bond donors (Lipinski definition) is 1. The lowest BCUT2D eigenvalue weighted by Crippen LogP contribution is -2.59. The summed E-state index contributed by atoms with van der Waals surface area (Å²) in [6, 6.07) is 0.797. The fourth-order valence-electron chi connectivity index (χ4n) is 2.32. The fraction of sp³-hybridized carbons (Fsp3) is 1.00. The molecule has 2 fully saturated rings. The number of rotatable bonds is 0. The largest absolute Gasteiger partial charge is 0.316 e. The van der Waals surface area contributed by atoms with Crippen LogP contribution in [0.4, 0.5) is 0 Å². The zero-order chi connectivity index (χ0) is 9.90. The Kier molecular flexibility index (Phi) is 3.74. The summed E-state index contributed by atoms with van der Waals surface area (Å²) < 4.78 is 0. The summed E-state index contributed by atoms with van der Waals surface area (Å²) in [4.78, 5) is 2.48. The van der Waals surface area contributed by atoms with Gasteiger partial charge in [-0.05, 0) is 38.8 Å². The second-order valence-corrected chi connectivity index (χ2v) is 4.39. The molecule has 1 unspecified atom stereocenters. The van der Waals surface area contributed by atoms with Crippen molar-refractivity contribution in [1.29, 1.82) is 0 Å². The van der Waals surface area contributed by atoms with Gasteiger partial charge in [0.25, 0.3) is 0 Å². The number of likely N-dealkylation sites (tertiary alicyclic amines) is 1. The molecule has 78 valence electrons. The molecule has 0 aromatic heterocycles. The number of nitrogens with one attached hydrogen (secondary N) is 1. The Balaban J connectivity index is 0.000000396. The van der Waals surface area contributed by atoms with Gasteiger partial charge >= 0.3 is 0 Å². The van der Waals surface area contributed by atoms with Crippen LogP contribution in [0.2, 0.25) is 0 Å². The van der Waals surface area contributed by atoms with Gasteiger partial charge in [0.2, 0.25) is 0 Å². The first kappa shape index (κ1) is 11.0. The van der Waals surface area contributed by atoms with Crippen LogP contribution in [0.3, 0.4) is 0 Å². The Morgan fingerprint density at radius 3 is 2.31 bits per heavy atom. The van der Waals surface area contributed by atoms with E-state index in [1.165, 1.54) is 32.5 Å². The van der Waals surface area contributed by atoms with Crippen molar-refractivity contribution < 1.29 is 0 Å². The molecule has 1 N–H and O–H groups in total. The van der Waals surface area contributed by atoms with Crippen LogP contribution >= 0.6 is 0 Å². The molecule has 0 aliphatic carbocycles. The first-order valence-corrected chi connectivity index (χ1v) is 5.63. The molecule has 2 rings (SSSR count). The minimum atomic E-state index is 0.700. The third kappa shape index (κ3) is 2.23. The Hall–Kier alpha value is -0.0800. The number of piperidine rings is 1. The quantitative estimate of drug-likeness (QED) is 0.616. The second kappa shape index (κ2) is 4.43. The van der Waals surface area contributed by atoms with Gasteiger partial charge in [-0.1, -0.05) is 13.8 Å². The lowest BCUT2D eigenvalue weighted by molar-refractivity contribution is 0.0332. The maximum absolute atomic E-state index is 3.39. The standard InChI is InChI=1S/C9H18N2.C2H6/c1-8-5-9(6-10-7-9)3-4-11(8)2;1-2/h8,10H,3-7H2,1-2H3;1-2H3. The van der Waals surface area contributed by atoms with Gasteiger partial charge in [-0.2, -0.15) is 0 Å². The zero-order valence-electron chi connectivity index (χ0n) is 9.56. The summed E-state index contributed by atoms with van der Waals surface area (Å²) in [5.41, 5.74) is 0.700. The topological polar surface area (TPSA) is 15.3 Å². The molecular formula is C11H24N2. The lowest BCUT2D eigenvalue weighted by Gasteiger charge is -2.50. The SMILES string of the molecule is CC.CC1CC2(CCN1C)CNC2. The van der Waals surface area contributed by atoms with E-state index in [1.807, 2.05) is 13.8 Å². The van der Waals surface area contributed by atoms with Crippen LogP contribution in [-0.4, -0.2) is 37.6 Å². The van der Waals surface area contributed by atoms with Crippen LogP contribution in [0.1, 0.15) is 33.6 Å². The highest BCUT2D eigenvalue weighted by Gasteiger charge is 2.41. The molecule has 2 aliphatic heterocycles. The summed E-state index contributed by atoms with van der Waals surface area (Å²) in [6.07, 6.45) is 2.80. The van der Waals surface area contributed by atoms with Crippen LogP contribution in [0.25, 0.3) is 0 Å². The van der Waals surface area contributed by atoms with Crippen molar-refractivity contribution in [3.05, 3.63) is 0 Å². The van der Waals surface area contributed by atoms with E-state index in [0.717, 1.165) is 6.04 Å². The summed E-state index contributed by atoms with van der Waals surface area (Å²) in [6.45, 7) is 10.2. The minimum absolute atomic E-state index is 0.700. The fourth-order valence-corrected chi connectivity index (χ4v) is 2.32. The molecule has 2 heterocycles. The zero-order valence-corrected chi connectivity index (χ0v) is 9.56. The predicted molar refractivity (Wildman–Crippen MR) is 58.0 cm³/mol. The van der Waals surface area contributed by atoms with Gasteiger partial charge in [-0.3, -0.25) is 0 Å². The van der Waals surface area contributed by atoms with Crippen LogP contribution in [0.15, 0.2) is 0 Å². The molecule has 0 amide bonds. The minimum Gasteiger partial charge on any atom is -0.316 e. The molecule has 2 saturated heterocycles. The lowest BCUT2D eigenvalue weighted by atomic mass is 9.71. The van der Waals surface area contributed by atoms with E-state index in [1.54, 1.807) is 0 Å². The highest BCUT2D eigenvalue weighted by molar-refractivity contribution is 4.97. The average molecular weight is 184 g/mol. The number of nitrogens with zero attached hydrogens (tertiary/aromatic N) is 1. The first-order chi connectivity index (χ1) is 6.22. The van der Waals surface area contributed by atoms with Crippen LogP contribution in [-0.2, 0) is 0 Å². The monoisotopic (exact) mass is 184 g/mol. The molecule has 0 radical (unpaired) electrons. The molecule has 0 saturated carbocycles. The third-order valence-electron chi connectivity index (χ3n) is 3.48. The molecule has 0 aromatic carbocycles. The van der Waals surface area contributed by atoms with Crippen molar-refractivity contribution in [2.75, 3.05) is 26.7 Å². The maximum Gasteiger partial charge on any atom is 0.00701 e. The molecule has 2 nitrogen and oxygen atoms in total. The van der Waals surface area contributed by atoms with Crippen molar-refractivity contribution in [1.82, 2.24) is 10.2 Å². The van der Waals surface area contributed by atoms with Gasteiger partial charge in [0.1, 0.15) is 0 Å². The molecule has 2 aliphatic rings. The van der Waals surface area contributed by atoms with E-state index in [4.69, 9.17) is 0 Å². The van der Waals surface area contributed by atoms with Crippen molar-refractivity contribution in [2.45, 2.75) is 39.7 Å². The van der Waals surface area contributed by atoms with Gasteiger partial charge < -0.3 is 10.2 Å². The summed E-state index contributed by atoms with van der Waals surface area (Å²) in [5.74, 6) is 0. The van der Waals surface area contributed by atoms with E-state index >= 15 is 0 Å². The Labute approximate surface area is 82.7 Å². The van der Waals surface area contributed by atoms with Gasteiger partial charge in [-0.25, -0.2) is 0 Å². The van der Waals surface area contributed by atoms with Crippen molar-refractivity contribution >= 4 is 0 Å². The highest BCUT2D eigenvalue weighted by atomic mass is 15.1. The first-order valence-electron chi connectivity index (χ1n) is 5.63.